The van der Waals surface area contributed by atoms with Crippen LogP contribution in [0.4, 0.5) is 5.69 Å². The summed E-state index contributed by atoms with van der Waals surface area (Å²) in [6.45, 7) is 2.65. The molecule has 1 atom stereocenters. The lowest BCUT2D eigenvalue weighted by Crippen LogP contribution is -2.33. The summed E-state index contributed by atoms with van der Waals surface area (Å²) >= 11 is 5.92. The largest absolute Gasteiger partial charge is 0.352 e. The molecular weight excluding hydrogens is 294 g/mol. The molecule has 2 rings (SSSR count). The highest BCUT2D eigenvalue weighted by Crippen LogP contribution is 2.22. The Hall–Kier alpha value is -1.66. The zero-order valence-electron chi connectivity index (χ0n) is 11.6. The number of benzene rings is 1. The van der Waals surface area contributed by atoms with E-state index in [1.807, 2.05) is 0 Å². The van der Waals surface area contributed by atoms with Gasteiger partial charge in [-0.15, -0.1) is 0 Å². The van der Waals surface area contributed by atoms with Crippen molar-refractivity contribution in [2.75, 3.05) is 19.6 Å². The van der Waals surface area contributed by atoms with Gasteiger partial charge in [-0.2, -0.15) is 0 Å². The van der Waals surface area contributed by atoms with Crippen molar-refractivity contribution < 1.29 is 9.72 Å². The minimum Gasteiger partial charge on any atom is -0.352 e. The average molecular weight is 312 g/mol. The highest BCUT2D eigenvalue weighted by molar-refractivity contribution is 6.34. The molecule has 0 bridgehead atoms. The van der Waals surface area contributed by atoms with Gasteiger partial charge in [-0.1, -0.05) is 11.6 Å². The molecule has 0 spiro atoms. The van der Waals surface area contributed by atoms with E-state index < -0.39 is 4.92 Å². The second-order valence-corrected chi connectivity index (χ2v) is 5.59. The van der Waals surface area contributed by atoms with E-state index >= 15 is 0 Å². The molecular formula is C14H18ClN3O3. The van der Waals surface area contributed by atoms with Crippen molar-refractivity contribution in [1.29, 1.82) is 0 Å². The van der Waals surface area contributed by atoms with E-state index in [0.717, 1.165) is 19.5 Å². The Bertz CT molecular complexity index is 530. The van der Waals surface area contributed by atoms with Gasteiger partial charge in [0, 0.05) is 18.7 Å². The van der Waals surface area contributed by atoms with Gasteiger partial charge in [0.05, 0.1) is 15.5 Å². The molecule has 1 aromatic rings. The number of non-ortho nitro benzene ring substituents is 1. The zero-order chi connectivity index (χ0) is 15.2. The van der Waals surface area contributed by atoms with Crippen molar-refractivity contribution >= 4 is 23.2 Å². The number of carbonyl (C=O) groups excluding carboxylic acids is 1. The Balaban J connectivity index is 1.86. The number of hydrogen-bond acceptors (Lipinski definition) is 4. The molecule has 0 saturated carbocycles. The van der Waals surface area contributed by atoms with Crippen molar-refractivity contribution in [1.82, 2.24) is 10.6 Å². The van der Waals surface area contributed by atoms with Crippen molar-refractivity contribution in [3.8, 4) is 0 Å². The first-order chi connectivity index (χ1) is 10.1. The molecule has 1 saturated heterocycles. The fourth-order valence-electron chi connectivity index (χ4n) is 2.46. The van der Waals surface area contributed by atoms with E-state index in [2.05, 4.69) is 10.6 Å². The molecule has 6 nitrogen and oxygen atoms in total. The molecule has 1 aliphatic heterocycles. The van der Waals surface area contributed by atoms with E-state index in [4.69, 9.17) is 11.6 Å². The minimum absolute atomic E-state index is 0.0982. The Labute approximate surface area is 128 Å². The first-order valence-corrected chi connectivity index (χ1v) is 7.38. The quantitative estimate of drug-likeness (QED) is 0.646. The lowest BCUT2D eigenvalue weighted by atomic mass is 9.96. The fourth-order valence-corrected chi connectivity index (χ4v) is 2.72. The van der Waals surface area contributed by atoms with Crippen LogP contribution in [0.25, 0.3) is 0 Å². The molecule has 2 N–H and O–H groups in total. The second-order valence-electron chi connectivity index (χ2n) is 5.18. The minimum atomic E-state index is -0.538. The molecule has 21 heavy (non-hydrogen) atoms. The summed E-state index contributed by atoms with van der Waals surface area (Å²) in [6, 6.07) is 3.87. The van der Waals surface area contributed by atoms with Crippen molar-refractivity contribution in [3.05, 3.63) is 38.9 Å². The molecule has 1 aromatic carbocycles. The number of nitro benzene ring substituents is 1. The molecule has 0 aromatic heterocycles. The van der Waals surface area contributed by atoms with Gasteiger partial charge >= 0.3 is 0 Å². The van der Waals surface area contributed by atoms with E-state index in [-0.39, 0.29) is 22.2 Å². The smallest absolute Gasteiger partial charge is 0.270 e. The summed E-state index contributed by atoms with van der Waals surface area (Å²) in [4.78, 5) is 22.1. The number of hydrogen-bond donors (Lipinski definition) is 2. The van der Waals surface area contributed by atoms with Crippen LogP contribution in [0.5, 0.6) is 0 Å². The predicted octanol–water partition coefficient (Wildman–Crippen LogP) is 2.37. The molecule has 1 fully saturated rings. The van der Waals surface area contributed by atoms with Gasteiger partial charge in [-0.05, 0) is 44.3 Å². The third kappa shape index (κ3) is 4.41. The Morgan fingerprint density at radius 1 is 1.52 bits per heavy atom. The third-order valence-corrected chi connectivity index (χ3v) is 3.96. The van der Waals surface area contributed by atoms with Crippen LogP contribution in [0.2, 0.25) is 5.02 Å². The van der Waals surface area contributed by atoms with Crippen molar-refractivity contribution in [2.45, 2.75) is 19.3 Å². The SMILES string of the molecule is O=C(NCCC1CCCNC1)c1ccc([N+](=O)[O-])cc1Cl. The van der Waals surface area contributed by atoms with Gasteiger partial charge in [0.15, 0.2) is 0 Å². The van der Waals surface area contributed by atoms with Gasteiger partial charge in [0.1, 0.15) is 0 Å². The monoisotopic (exact) mass is 311 g/mol. The molecule has 114 valence electrons. The van der Waals surface area contributed by atoms with Crippen LogP contribution in [0, 0.1) is 16.0 Å². The van der Waals surface area contributed by atoms with Crippen LogP contribution in [0.3, 0.4) is 0 Å². The van der Waals surface area contributed by atoms with Gasteiger partial charge in [0.2, 0.25) is 0 Å². The van der Waals surface area contributed by atoms with Crippen LogP contribution < -0.4 is 10.6 Å². The van der Waals surface area contributed by atoms with Crippen LogP contribution >= 0.6 is 11.6 Å². The number of nitrogens with zero attached hydrogens (tertiary/aromatic N) is 1. The van der Waals surface area contributed by atoms with Gasteiger partial charge < -0.3 is 10.6 Å². The van der Waals surface area contributed by atoms with Gasteiger partial charge in [-0.25, -0.2) is 0 Å². The molecule has 7 heteroatoms. The number of amides is 1. The molecule has 0 aliphatic carbocycles. The lowest BCUT2D eigenvalue weighted by Gasteiger charge is -2.22. The third-order valence-electron chi connectivity index (χ3n) is 3.65. The molecule has 1 amide bonds. The zero-order valence-corrected chi connectivity index (χ0v) is 12.4. The normalized spacial score (nSPS) is 18.2. The standard InChI is InChI=1S/C14H18ClN3O3/c15-13-8-11(18(20)21)3-4-12(13)14(19)17-7-5-10-2-1-6-16-9-10/h3-4,8,10,16H,1-2,5-7,9H2,(H,17,19). The maximum atomic E-state index is 12.0. The Morgan fingerprint density at radius 3 is 2.95 bits per heavy atom. The maximum Gasteiger partial charge on any atom is 0.270 e. The highest BCUT2D eigenvalue weighted by atomic mass is 35.5. The number of carbonyl (C=O) groups is 1. The lowest BCUT2D eigenvalue weighted by molar-refractivity contribution is -0.384. The highest BCUT2D eigenvalue weighted by Gasteiger charge is 2.16. The molecule has 1 aliphatic rings. The summed E-state index contributed by atoms with van der Waals surface area (Å²) < 4.78 is 0. The van der Waals surface area contributed by atoms with E-state index in [0.29, 0.717) is 12.5 Å². The van der Waals surface area contributed by atoms with Crippen LogP contribution in [-0.2, 0) is 0 Å². The summed E-state index contributed by atoms with van der Waals surface area (Å²) in [7, 11) is 0. The van der Waals surface area contributed by atoms with Crippen molar-refractivity contribution in [2.24, 2.45) is 5.92 Å². The van der Waals surface area contributed by atoms with Crippen LogP contribution in [0.15, 0.2) is 18.2 Å². The summed E-state index contributed by atoms with van der Waals surface area (Å²) in [6.07, 6.45) is 3.28. The second kappa shape index (κ2) is 7.38. The van der Waals surface area contributed by atoms with Crippen LogP contribution in [0.1, 0.15) is 29.6 Å². The Morgan fingerprint density at radius 2 is 2.33 bits per heavy atom. The number of rotatable bonds is 5. The Kier molecular flexibility index (Phi) is 5.52. The van der Waals surface area contributed by atoms with Gasteiger partial charge in [0.25, 0.3) is 11.6 Å². The predicted molar refractivity (Wildman–Crippen MR) is 80.7 cm³/mol. The maximum absolute atomic E-state index is 12.0. The topological polar surface area (TPSA) is 84.3 Å². The molecule has 0 radical (unpaired) electrons. The van der Waals surface area contributed by atoms with Crippen LogP contribution in [-0.4, -0.2) is 30.5 Å². The number of halogens is 1. The number of nitro groups is 1. The van der Waals surface area contributed by atoms with Crippen molar-refractivity contribution in [3.63, 3.8) is 0 Å². The molecule has 1 heterocycles. The first kappa shape index (κ1) is 15.7. The van der Waals surface area contributed by atoms with E-state index in [9.17, 15) is 14.9 Å². The van der Waals surface area contributed by atoms with Gasteiger partial charge in [-0.3, -0.25) is 14.9 Å². The fraction of sp³-hybridized carbons (Fsp3) is 0.500. The summed E-state index contributed by atoms with van der Waals surface area (Å²) in [5.41, 5.74) is 0.147. The number of piperidine rings is 1. The molecule has 1 unspecified atom stereocenters. The van der Waals surface area contributed by atoms with E-state index in [1.54, 1.807) is 0 Å². The van der Waals surface area contributed by atoms with E-state index in [1.165, 1.54) is 31.0 Å². The number of nitrogens with one attached hydrogen (secondary N) is 2. The summed E-state index contributed by atoms with van der Waals surface area (Å²) in [5.74, 6) is 0.296. The first-order valence-electron chi connectivity index (χ1n) is 7.01. The summed E-state index contributed by atoms with van der Waals surface area (Å²) in [5, 5.41) is 16.9. The average Bonchev–Trinajstić information content (AvgIpc) is 2.48.